The van der Waals surface area contributed by atoms with Gasteiger partial charge in [0, 0.05) is 28.1 Å². The van der Waals surface area contributed by atoms with Gasteiger partial charge in [0.15, 0.2) is 5.92 Å². The van der Waals surface area contributed by atoms with E-state index in [1.807, 2.05) is 0 Å². The second kappa shape index (κ2) is 5.93. The molecule has 0 aromatic carbocycles. The van der Waals surface area contributed by atoms with Gasteiger partial charge in [-0.25, -0.2) is 0 Å². The molecule has 0 bridgehead atoms. The number of likely N-dealkylation sites (N-methyl/N-ethyl adjacent to an activating group) is 1. The molecule has 0 aliphatic heterocycles. The third-order valence-electron chi connectivity index (χ3n) is 1.63. The van der Waals surface area contributed by atoms with Gasteiger partial charge >= 0.3 is 5.97 Å². The first-order chi connectivity index (χ1) is 6.16. The molecule has 76 valence electrons. The van der Waals surface area contributed by atoms with E-state index in [-0.39, 0.29) is 21.1 Å². The van der Waals surface area contributed by atoms with Crippen molar-refractivity contribution in [3.63, 3.8) is 0 Å². The fourth-order valence-corrected chi connectivity index (χ4v) is 1.68. The molecule has 1 rings (SSSR count). The van der Waals surface area contributed by atoms with E-state index in [0.29, 0.717) is 5.56 Å². The summed E-state index contributed by atoms with van der Waals surface area (Å²) in [5.41, 5.74) is 0.525. The van der Waals surface area contributed by atoms with Crippen LogP contribution in [0.3, 0.4) is 0 Å². The van der Waals surface area contributed by atoms with E-state index in [2.05, 4.69) is 5.32 Å². The Labute approximate surface area is 99.6 Å². The SMILES string of the molecule is CNC(=O)C(C(=O)O)c1ccsc1.[W]. The van der Waals surface area contributed by atoms with Crippen LogP contribution in [0.15, 0.2) is 16.8 Å². The number of aliphatic carboxylic acids is 1. The minimum atomic E-state index is -1.13. The predicted molar refractivity (Wildman–Crippen MR) is 48.8 cm³/mol. The van der Waals surface area contributed by atoms with E-state index < -0.39 is 17.8 Å². The summed E-state index contributed by atoms with van der Waals surface area (Å²) < 4.78 is 0. The fourth-order valence-electron chi connectivity index (χ4n) is 0.990. The molecule has 0 spiro atoms. The van der Waals surface area contributed by atoms with Crippen LogP contribution in [0.2, 0.25) is 0 Å². The van der Waals surface area contributed by atoms with Gasteiger partial charge < -0.3 is 10.4 Å². The van der Waals surface area contributed by atoms with Gasteiger partial charge in [-0.1, -0.05) is 0 Å². The van der Waals surface area contributed by atoms with Crippen molar-refractivity contribution in [1.82, 2.24) is 5.32 Å². The topological polar surface area (TPSA) is 66.4 Å². The molecule has 0 saturated heterocycles. The van der Waals surface area contributed by atoms with Gasteiger partial charge in [0.25, 0.3) is 0 Å². The van der Waals surface area contributed by atoms with E-state index in [1.54, 1.807) is 16.8 Å². The van der Waals surface area contributed by atoms with Crippen molar-refractivity contribution >= 4 is 23.2 Å². The normalized spacial score (nSPS) is 11.2. The first kappa shape index (κ1) is 13.3. The molecule has 14 heavy (non-hydrogen) atoms. The Morgan fingerprint density at radius 3 is 2.57 bits per heavy atom. The Morgan fingerprint density at radius 1 is 1.57 bits per heavy atom. The fraction of sp³-hybridized carbons (Fsp3) is 0.250. The number of carboxylic acid groups (broad SMARTS) is 1. The molecular weight excluding hydrogens is 374 g/mol. The molecule has 1 heterocycles. The smallest absolute Gasteiger partial charge is 0.320 e. The molecule has 0 aliphatic rings. The minimum Gasteiger partial charge on any atom is -0.480 e. The van der Waals surface area contributed by atoms with E-state index >= 15 is 0 Å². The van der Waals surface area contributed by atoms with Crippen LogP contribution >= 0.6 is 11.3 Å². The maximum atomic E-state index is 11.2. The van der Waals surface area contributed by atoms with Crippen LogP contribution in [0, 0.1) is 0 Å². The molecule has 0 fully saturated rings. The summed E-state index contributed by atoms with van der Waals surface area (Å²) in [6.07, 6.45) is 0. The second-order valence-electron chi connectivity index (χ2n) is 2.44. The van der Waals surface area contributed by atoms with Crippen LogP contribution in [0.1, 0.15) is 11.5 Å². The molecule has 1 aromatic rings. The summed E-state index contributed by atoms with van der Waals surface area (Å²) in [6.45, 7) is 0. The first-order valence-corrected chi connectivity index (χ1v) is 4.57. The summed E-state index contributed by atoms with van der Waals surface area (Å²) in [5, 5.41) is 14.5. The van der Waals surface area contributed by atoms with Crippen molar-refractivity contribution in [1.29, 1.82) is 0 Å². The average Bonchev–Trinajstić information content (AvgIpc) is 2.56. The van der Waals surface area contributed by atoms with Crippen molar-refractivity contribution in [2.24, 2.45) is 0 Å². The summed E-state index contributed by atoms with van der Waals surface area (Å²) in [7, 11) is 1.42. The van der Waals surface area contributed by atoms with Crippen molar-refractivity contribution < 1.29 is 35.8 Å². The third kappa shape index (κ3) is 2.92. The third-order valence-corrected chi connectivity index (χ3v) is 2.33. The predicted octanol–water partition coefficient (Wildman–Crippen LogP) is 0.660. The Kier molecular flexibility index (Phi) is 5.65. The first-order valence-electron chi connectivity index (χ1n) is 3.63. The molecular formula is C8H9NO3SW. The van der Waals surface area contributed by atoms with Gasteiger partial charge in [-0.2, -0.15) is 11.3 Å². The molecule has 2 N–H and O–H groups in total. The Hall–Kier alpha value is -0.672. The molecule has 1 unspecified atom stereocenters. The molecule has 0 saturated carbocycles. The number of carboxylic acids is 1. The van der Waals surface area contributed by atoms with E-state index in [1.165, 1.54) is 18.4 Å². The summed E-state index contributed by atoms with van der Waals surface area (Å²) in [6, 6.07) is 1.64. The van der Waals surface area contributed by atoms with Crippen LogP contribution in [0.25, 0.3) is 0 Å². The maximum Gasteiger partial charge on any atom is 0.320 e. The number of rotatable bonds is 3. The number of hydrogen-bond donors (Lipinski definition) is 2. The van der Waals surface area contributed by atoms with Crippen molar-refractivity contribution in [3.05, 3.63) is 22.4 Å². The summed E-state index contributed by atoms with van der Waals surface area (Å²) in [5.74, 6) is -2.71. The van der Waals surface area contributed by atoms with Gasteiger partial charge in [0.05, 0.1) is 0 Å². The van der Waals surface area contributed by atoms with Gasteiger partial charge in [-0.15, -0.1) is 0 Å². The molecule has 4 nitrogen and oxygen atoms in total. The van der Waals surface area contributed by atoms with Crippen molar-refractivity contribution in [2.75, 3.05) is 7.05 Å². The number of nitrogens with one attached hydrogen (secondary N) is 1. The summed E-state index contributed by atoms with van der Waals surface area (Å²) in [4.78, 5) is 21.9. The molecule has 0 radical (unpaired) electrons. The zero-order chi connectivity index (χ0) is 9.84. The maximum absolute atomic E-state index is 11.2. The minimum absolute atomic E-state index is 0. The van der Waals surface area contributed by atoms with Crippen molar-refractivity contribution in [3.8, 4) is 0 Å². The van der Waals surface area contributed by atoms with E-state index in [9.17, 15) is 9.59 Å². The van der Waals surface area contributed by atoms with Crippen LogP contribution < -0.4 is 5.32 Å². The Bertz CT molecular complexity index is 312. The zero-order valence-corrected chi connectivity index (χ0v) is 11.1. The van der Waals surface area contributed by atoms with Crippen LogP contribution in [0.4, 0.5) is 0 Å². The standard InChI is InChI=1S/C8H9NO3S.W/c1-9-7(10)6(8(11)12)5-2-3-13-4-5;/h2-4,6H,1H3,(H,9,10)(H,11,12);. The number of thiophene rings is 1. The van der Waals surface area contributed by atoms with Gasteiger partial charge in [0.1, 0.15) is 0 Å². The number of carbonyl (C=O) groups is 2. The average molecular weight is 383 g/mol. The molecule has 1 amide bonds. The van der Waals surface area contributed by atoms with E-state index in [0.717, 1.165) is 0 Å². The Morgan fingerprint density at radius 2 is 2.21 bits per heavy atom. The summed E-state index contributed by atoms with van der Waals surface area (Å²) >= 11 is 1.37. The van der Waals surface area contributed by atoms with Crippen LogP contribution in [-0.4, -0.2) is 24.0 Å². The molecule has 0 aliphatic carbocycles. The number of amides is 1. The number of hydrogen-bond acceptors (Lipinski definition) is 3. The largest absolute Gasteiger partial charge is 0.480 e. The second-order valence-corrected chi connectivity index (χ2v) is 3.22. The van der Waals surface area contributed by atoms with Crippen LogP contribution in [-0.2, 0) is 30.7 Å². The molecule has 1 aromatic heterocycles. The molecule has 6 heteroatoms. The zero-order valence-electron chi connectivity index (χ0n) is 7.39. The quantitative estimate of drug-likeness (QED) is 0.754. The van der Waals surface area contributed by atoms with E-state index in [4.69, 9.17) is 5.11 Å². The van der Waals surface area contributed by atoms with Crippen LogP contribution in [0.5, 0.6) is 0 Å². The Balaban J connectivity index is 0.00000169. The van der Waals surface area contributed by atoms with Crippen molar-refractivity contribution in [2.45, 2.75) is 5.92 Å². The monoisotopic (exact) mass is 383 g/mol. The van der Waals surface area contributed by atoms with Gasteiger partial charge in [-0.05, 0) is 22.4 Å². The van der Waals surface area contributed by atoms with Gasteiger partial charge in [-0.3, -0.25) is 9.59 Å². The van der Waals surface area contributed by atoms with Gasteiger partial charge in [0.2, 0.25) is 5.91 Å². The number of carbonyl (C=O) groups excluding carboxylic acids is 1. The molecule has 1 atom stereocenters.